The summed E-state index contributed by atoms with van der Waals surface area (Å²) < 4.78 is 0. The molecule has 110 valence electrons. The predicted molar refractivity (Wildman–Crippen MR) is 75.7 cm³/mol. The Morgan fingerprint density at radius 3 is 2.52 bits per heavy atom. The highest BCUT2D eigenvalue weighted by Crippen LogP contribution is 2.12. The molecule has 0 aliphatic heterocycles. The van der Waals surface area contributed by atoms with Gasteiger partial charge in [-0.05, 0) is 32.4 Å². The van der Waals surface area contributed by atoms with E-state index < -0.39 is 17.4 Å². The number of hydrogen-bond acceptors (Lipinski definition) is 5. The predicted octanol–water partition coefficient (Wildman–Crippen LogP) is 1.40. The number of carboxylic acid groups (broad SMARTS) is 1. The Kier molecular flexibility index (Phi) is 4.11. The number of fused-ring (bicyclic) bond motifs is 1. The van der Waals surface area contributed by atoms with Gasteiger partial charge >= 0.3 is 5.97 Å². The summed E-state index contributed by atoms with van der Waals surface area (Å²) in [5.74, 6) is -1.40. The fraction of sp³-hybridized carbons (Fsp3) is 0.357. The number of aromatic nitrogens is 3. The average molecular weight is 288 g/mol. The first-order chi connectivity index (χ1) is 9.87. The van der Waals surface area contributed by atoms with Crippen LogP contribution in [-0.2, 0) is 4.79 Å². The summed E-state index contributed by atoms with van der Waals surface area (Å²) in [7, 11) is 0. The Morgan fingerprint density at radius 2 is 1.86 bits per heavy atom. The van der Waals surface area contributed by atoms with E-state index >= 15 is 0 Å². The van der Waals surface area contributed by atoms with Crippen LogP contribution in [-0.4, -0.2) is 37.7 Å². The van der Waals surface area contributed by atoms with E-state index in [0.29, 0.717) is 17.5 Å². The van der Waals surface area contributed by atoms with Gasteiger partial charge in [0.05, 0.1) is 5.52 Å². The standard InChI is InChI=1S/C14H16N4O3/c1-14(2,8-7-11(19)20)16-13(21)12-15-9-5-3-4-6-10(9)17-18-12/h3-6H,7-8H2,1-2H3,(H,16,21)(H,19,20). The molecule has 0 saturated heterocycles. The molecule has 1 heterocycles. The number of carbonyl (C=O) groups is 2. The second-order valence-corrected chi connectivity index (χ2v) is 5.36. The van der Waals surface area contributed by atoms with Crippen molar-refractivity contribution in [2.45, 2.75) is 32.2 Å². The van der Waals surface area contributed by atoms with Crippen LogP contribution >= 0.6 is 0 Å². The Labute approximate surface area is 121 Å². The first-order valence-corrected chi connectivity index (χ1v) is 6.51. The molecule has 2 rings (SSSR count). The van der Waals surface area contributed by atoms with Crippen LogP contribution in [0.4, 0.5) is 0 Å². The number of amides is 1. The van der Waals surface area contributed by atoms with Crippen molar-refractivity contribution in [2.24, 2.45) is 0 Å². The smallest absolute Gasteiger partial charge is 0.303 e. The summed E-state index contributed by atoms with van der Waals surface area (Å²) in [6.07, 6.45) is 0.291. The zero-order chi connectivity index (χ0) is 15.5. The van der Waals surface area contributed by atoms with Gasteiger partial charge in [-0.2, -0.15) is 0 Å². The third kappa shape index (κ3) is 3.95. The maximum absolute atomic E-state index is 12.1. The van der Waals surface area contributed by atoms with E-state index in [1.807, 2.05) is 6.07 Å². The SMILES string of the molecule is CC(C)(CCC(=O)O)NC(=O)c1nnc2ccccc2n1. The van der Waals surface area contributed by atoms with Gasteiger partial charge in [-0.3, -0.25) is 9.59 Å². The summed E-state index contributed by atoms with van der Waals surface area (Å²) in [6.45, 7) is 3.50. The molecule has 2 aromatic rings. The second-order valence-electron chi connectivity index (χ2n) is 5.36. The van der Waals surface area contributed by atoms with Gasteiger partial charge in [-0.25, -0.2) is 4.98 Å². The van der Waals surface area contributed by atoms with Crippen LogP contribution in [0, 0.1) is 0 Å². The van der Waals surface area contributed by atoms with E-state index in [9.17, 15) is 9.59 Å². The lowest BCUT2D eigenvalue weighted by Gasteiger charge is -2.24. The quantitative estimate of drug-likeness (QED) is 0.861. The molecule has 0 atom stereocenters. The van der Waals surface area contributed by atoms with Gasteiger partial charge < -0.3 is 10.4 Å². The molecule has 2 N–H and O–H groups in total. The molecule has 0 bridgehead atoms. The summed E-state index contributed by atoms with van der Waals surface area (Å²) >= 11 is 0. The van der Waals surface area contributed by atoms with Crippen molar-refractivity contribution < 1.29 is 14.7 Å². The molecule has 0 unspecified atom stereocenters. The van der Waals surface area contributed by atoms with E-state index in [2.05, 4.69) is 20.5 Å². The molecule has 7 heteroatoms. The minimum Gasteiger partial charge on any atom is -0.481 e. The highest BCUT2D eigenvalue weighted by atomic mass is 16.4. The number of nitrogens with zero attached hydrogens (tertiary/aromatic N) is 3. The van der Waals surface area contributed by atoms with Crippen LogP contribution in [0.1, 0.15) is 37.3 Å². The fourth-order valence-electron chi connectivity index (χ4n) is 1.82. The molecule has 0 aliphatic rings. The topological polar surface area (TPSA) is 105 Å². The van der Waals surface area contributed by atoms with Gasteiger partial charge in [0, 0.05) is 12.0 Å². The number of carbonyl (C=O) groups excluding carboxylic acids is 1. The lowest BCUT2D eigenvalue weighted by molar-refractivity contribution is -0.137. The molecule has 0 spiro atoms. The number of aliphatic carboxylic acids is 1. The Hall–Kier alpha value is -2.57. The van der Waals surface area contributed by atoms with E-state index in [1.165, 1.54) is 0 Å². The maximum atomic E-state index is 12.1. The van der Waals surface area contributed by atoms with Gasteiger partial charge in [0.15, 0.2) is 0 Å². The molecule has 0 saturated carbocycles. The molecule has 0 fully saturated rings. The fourth-order valence-corrected chi connectivity index (χ4v) is 1.82. The van der Waals surface area contributed by atoms with Crippen molar-refractivity contribution in [3.05, 3.63) is 30.1 Å². The van der Waals surface area contributed by atoms with Crippen molar-refractivity contribution in [1.29, 1.82) is 0 Å². The van der Waals surface area contributed by atoms with Crippen molar-refractivity contribution in [1.82, 2.24) is 20.5 Å². The summed E-state index contributed by atoms with van der Waals surface area (Å²) in [4.78, 5) is 26.9. The summed E-state index contributed by atoms with van der Waals surface area (Å²) in [6, 6.07) is 7.12. The Balaban J connectivity index is 2.12. The molecule has 0 aliphatic carbocycles. The average Bonchev–Trinajstić information content (AvgIpc) is 2.44. The summed E-state index contributed by atoms with van der Waals surface area (Å²) in [5, 5.41) is 19.2. The van der Waals surface area contributed by atoms with Crippen molar-refractivity contribution in [3.8, 4) is 0 Å². The molecule has 7 nitrogen and oxygen atoms in total. The van der Waals surface area contributed by atoms with Crippen LogP contribution in [0.2, 0.25) is 0 Å². The van der Waals surface area contributed by atoms with Crippen molar-refractivity contribution >= 4 is 22.9 Å². The summed E-state index contributed by atoms with van der Waals surface area (Å²) in [5.41, 5.74) is 0.532. The van der Waals surface area contributed by atoms with Gasteiger partial charge in [0.1, 0.15) is 5.52 Å². The monoisotopic (exact) mass is 288 g/mol. The van der Waals surface area contributed by atoms with Crippen LogP contribution in [0.5, 0.6) is 0 Å². The molecule has 0 radical (unpaired) electrons. The highest BCUT2D eigenvalue weighted by molar-refractivity contribution is 5.92. The lowest BCUT2D eigenvalue weighted by Crippen LogP contribution is -2.44. The third-order valence-corrected chi connectivity index (χ3v) is 2.98. The first-order valence-electron chi connectivity index (χ1n) is 6.51. The van der Waals surface area contributed by atoms with Crippen LogP contribution in [0.25, 0.3) is 11.0 Å². The number of hydrogen-bond donors (Lipinski definition) is 2. The number of nitrogens with one attached hydrogen (secondary N) is 1. The van der Waals surface area contributed by atoms with Crippen molar-refractivity contribution in [3.63, 3.8) is 0 Å². The zero-order valence-electron chi connectivity index (χ0n) is 11.8. The zero-order valence-corrected chi connectivity index (χ0v) is 11.8. The number of rotatable bonds is 5. The highest BCUT2D eigenvalue weighted by Gasteiger charge is 2.23. The van der Waals surface area contributed by atoms with E-state index in [4.69, 9.17) is 5.11 Å². The largest absolute Gasteiger partial charge is 0.481 e. The molecule has 1 amide bonds. The number of benzene rings is 1. The first kappa shape index (κ1) is 14.8. The minimum atomic E-state index is -0.902. The van der Waals surface area contributed by atoms with Crippen molar-refractivity contribution in [2.75, 3.05) is 0 Å². The lowest BCUT2D eigenvalue weighted by atomic mass is 9.98. The van der Waals surface area contributed by atoms with Gasteiger partial charge in [-0.15, -0.1) is 10.2 Å². The van der Waals surface area contributed by atoms with E-state index in [-0.39, 0.29) is 12.2 Å². The number of para-hydroxylation sites is 1. The number of carboxylic acids is 1. The van der Waals surface area contributed by atoms with Gasteiger partial charge in [0.2, 0.25) is 5.82 Å². The second kappa shape index (κ2) is 5.82. The van der Waals surface area contributed by atoms with Crippen LogP contribution in [0.15, 0.2) is 24.3 Å². The van der Waals surface area contributed by atoms with Gasteiger partial charge in [0.25, 0.3) is 5.91 Å². The maximum Gasteiger partial charge on any atom is 0.303 e. The minimum absolute atomic E-state index is 0.0237. The van der Waals surface area contributed by atoms with Crippen LogP contribution in [0.3, 0.4) is 0 Å². The van der Waals surface area contributed by atoms with Crippen LogP contribution < -0.4 is 5.32 Å². The van der Waals surface area contributed by atoms with E-state index in [1.54, 1.807) is 32.0 Å². The van der Waals surface area contributed by atoms with Gasteiger partial charge in [-0.1, -0.05) is 12.1 Å². The molecular formula is C14H16N4O3. The molecule has 1 aromatic heterocycles. The Bertz CT molecular complexity index is 685. The Morgan fingerprint density at radius 1 is 1.19 bits per heavy atom. The van der Waals surface area contributed by atoms with E-state index in [0.717, 1.165) is 0 Å². The normalized spacial score (nSPS) is 11.3. The molecule has 1 aromatic carbocycles. The third-order valence-electron chi connectivity index (χ3n) is 2.98. The molecule has 21 heavy (non-hydrogen) atoms. The molecular weight excluding hydrogens is 272 g/mol.